The van der Waals surface area contributed by atoms with E-state index in [1.165, 1.54) is 6.08 Å². The van der Waals surface area contributed by atoms with Gasteiger partial charge in [0, 0.05) is 18.7 Å². The van der Waals surface area contributed by atoms with Gasteiger partial charge in [-0.2, -0.15) is 0 Å². The maximum atomic E-state index is 13.2. The number of allylic oxidation sites excluding steroid dienone is 1. The Morgan fingerprint density at radius 2 is 2.08 bits per heavy atom. The lowest BCUT2D eigenvalue weighted by atomic mass is 9.98. The van der Waals surface area contributed by atoms with Crippen molar-refractivity contribution in [3.05, 3.63) is 65.9 Å². The van der Waals surface area contributed by atoms with Crippen molar-refractivity contribution in [2.75, 3.05) is 0 Å². The van der Waals surface area contributed by atoms with E-state index in [2.05, 4.69) is 9.97 Å². The van der Waals surface area contributed by atoms with Crippen molar-refractivity contribution in [3.8, 4) is 0 Å². The van der Waals surface area contributed by atoms with Crippen LogP contribution in [-0.2, 0) is 20.9 Å². The number of carbonyl (C=O) groups is 2. The second-order valence-corrected chi connectivity index (χ2v) is 7.11. The van der Waals surface area contributed by atoms with Crippen LogP contribution in [-0.4, -0.2) is 32.2 Å². The standard InChI is InChI=1S/C20H23N3O3/c1-14(15-7-5-4-6-8-15)23(12-16-11-21-13-22-16)19(25)18-9-17(24)10-20(2,3)26-18/h4-9,11,13-14H,10,12H2,1-3H3,(H,21,22). The van der Waals surface area contributed by atoms with E-state index in [-0.39, 0.29) is 29.9 Å². The lowest BCUT2D eigenvalue weighted by molar-refractivity contribution is -0.140. The molecule has 1 atom stereocenters. The van der Waals surface area contributed by atoms with Crippen LogP contribution in [0.15, 0.2) is 54.7 Å². The summed E-state index contributed by atoms with van der Waals surface area (Å²) in [5.74, 6) is -0.316. The molecule has 1 aromatic carbocycles. The molecular weight excluding hydrogens is 330 g/mol. The zero-order chi connectivity index (χ0) is 18.7. The first-order valence-electron chi connectivity index (χ1n) is 8.62. The molecule has 2 aromatic rings. The number of aromatic nitrogens is 2. The van der Waals surface area contributed by atoms with Crippen LogP contribution in [0.5, 0.6) is 0 Å². The van der Waals surface area contributed by atoms with Crippen molar-refractivity contribution in [2.45, 2.75) is 45.4 Å². The first-order valence-corrected chi connectivity index (χ1v) is 8.62. The molecule has 1 aliphatic heterocycles. The molecule has 136 valence electrons. The molecule has 1 amide bonds. The highest BCUT2D eigenvalue weighted by Crippen LogP contribution is 2.29. The minimum atomic E-state index is -0.688. The Balaban J connectivity index is 1.92. The van der Waals surface area contributed by atoms with Gasteiger partial charge in [-0.3, -0.25) is 9.59 Å². The van der Waals surface area contributed by atoms with Crippen LogP contribution in [0.1, 0.15) is 44.5 Å². The summed E-state index contributed by atoms with van der Waals surface area (Å²) >= 11 is 0. The number of H-pyrrole nitrogens is 1. The van der Waals surface area contributed by atoms with Crippen LogP contribution < -0.4 is 0 Å². The third kappa shape index (κ3) is 4.02. The molecular formula is C20H23N3O3. The van der Waals surface area contributed by atoms with E-state index in [1.807, 2.05) is 51.1 Å². The molecule has 0 bridgehead atoms. The molecule has 0 fully saturated rings. The lowest BCUT2D eigenvalue weighted by Gasteiger charge is -2.34. The first kappa shape index (κ1) is 17.9. The molecule has 1 N–H and O–H groups in total. The van der Waals surface area contributed by atoms with Crippen molar-refractivity contribution in [1.82, 2.24) is 14.9 Å². The van der Waals surface area contributed by atoms with Crippen molar-refractivity contribution in [3.63, 3.8) is 0 Å². The number of rotatable bonds is 5. The Labute approximate surface area is 152 Å². The van der Waals surface area contributed by atoms with Crippen molar-refractivity contribution in [2.24, 2.45) is 0 Å². The monoisotopic (exact) mass is 353 g/mol. The minimum absolute atomic E-state index is 0.0912. The fourth-order valence-corrected chi connectivity index (χ4v) is 3.08. The highest BCUT2D eigenvalue weighted by atomic mass is 16.5. The molecule has 0 saturated heterocycles. The summed E-state index contributed by atoms with van der Waals surface area (Å²) in [7, 11) is 0. The fourth-order valence-electron chi connectivity index (χ4n) is 3.08. The number of nitrogens with zero attached hydrogens (tertiary/aromatic N) is 2. The molecule has 6 nitrogen and oxygen atoms in total. The number of nitrogens with one attached hydrogen (secondary N) is 1. The number of imidazole rings is 1. The molecule has 6 heteroatoms. The summed E-state index contributed by atoms with van der Waals surface area (Å²) in [4.78, 5) is 34.0. The predicted molar refractivity (Wildman–Crippen MR) is 96.9 cm³/mol. The number of hydrogen-bond donors (Lipinski definition) is 1. The molecule has 1 aliphatic rings. The number of benzene rings is 1. The molecule has 1 unspecified atom stereocenters. The van der Waals surface area contributed by atoms with E-state index in [1.54, 1.807) is 17.4 Å². The van der Waals surface area contributed by atoms with Gasteiger partial charge in [0.25, 0.3) is 5.91 Å². The lowest BCUT2D eigenvalue weighted by Crippen LogP contribution is -2.40. The largest absolute Gasteiger partial charge is 0.481 e. The van der Waals surface area contributed by atoms with Gasteiger partial charge in [-0.1, -0.05) is 30.3 Å². The molecule has 0 spiro atoms. The predicted octanol–water partition coefficient (Wildman–Crippen LogP) is 3.15. The van der Waals surface area contributed by atoms with E-state index in [0.717, 1.165) is 11.3 Å². The Bertz CT molecular complexity index is 810. The highest BCUT2D eigenvalue weighted by Gasteiger charge is 2.35. The van der Waals surface area contributed by atoms with Crippen LogP contribution in [0.3, 0.4) is 0 Å². The second kappa shape index (κ2) is 7.15. The summed E-state index contributed by atoms with van der Waals surface area (Å²) in [6.07, 6.45) is 4.83. The number of ketones is 1. The van der Waals surface area contributed by atoms with E-state index in [0.29, 0.717) is 6.54 Å². The Morgan fingerprint density at radius 1 is 1.35 bits per heavy atom. The van der Waals surface area contributed by atoms with E-state index >= 15 is 0 Å². The molecule has 0 radical (unpaired) electrons. The van der Waals surface area contributed by atoms with Gasteiger partial charge in [0.2, 0.25) is 0 Å². The van der Waals surface area contributed by atoms with Gasteiger partial charge < -0.3 is 14.6 Å². The zero-order valence-electron chi connectivity index (χ0n) is 15.2. The number of aromatic amines is 1. The average molecular weight is 353 g/mol. The number of ether oxygens (including phenoxy) is 1. The van der Waals surface area contributed by atoms with Crippen LogP contribution in [0, 0.1) is 0 Å². The first-order chi connectivity index (χ1) is 12.4. The van der Waals surface area contributed by atoms with Gasteiger partial charge in [0.05, 0.1) is 24.6 Å². The molecule has 3 rings (SSSR count). The molecule has 1 aromatic heterocycles. The summed E-state index contributed by atoms with van der Waals surface area (Å²) in [5, 5.41) is 0. The van der Waals surface area contributed by atoms with E-state index in [4.69, 9.17) is 4.74 Å². The summed E-state index contributed by atoms with van der Waals surface area (Å²) in [6, 6.07) is 9.57. The molecule has 0 saturated carbocycles. The zero-order valence-corrected chi connectivity index (χ0v) is 15.2. The van der Waals surface area contributed by atoms with Crippen LogP contribution >= 0.6 is 0 Å². The number of hydrogen-bond acceptors (Lipinski definition) is 4. The van der Waals surface area contributed by atoms with Crippen molar-refractivity contribution in [1.29, 1.82) is 0 Å². The summed E-state index contributed by atoms with van der Waals surface area (Å²) < 4.78 is 5.82. The number of amides is 1. The topological polar surface area (TPSA) is 75.3 Å². The Kier molecular flexibility index (Phi) is 4.93. The smallest absolute Gasteiger partial charge is 0.289 e. The highest BCUT2D eigenvalue weighted by molar-refractivity contribution is 6.01. The Hall–Kier alpha value is -2.89. The third-order valence-electron chi connectivity index (χ3n) is 4.39. The second-order valence-electron chi connectivity index (χ2n) is 7.11. The van der Waals surface area contributed by atoms with Crippen LogP contribution in [0.4, 0.5) is 0 Å². The third-order valence-corrected chi connectivity index (χ3v) is 4.39. The summed E-state index contributed by atoms with van der Waals surface area (Å²) in [5.41, 5.74) is 1.12. The normalized spacial score (nSPS) is 17.2. The van der Waals surface area contributed by atoms with E-state index in [9.17, 15) is 9.59 Å². The minimum Gasteiger partial charge on any atom is -0.481 e. The molecule has 2 heterocycles. The number of carbonyl (C=O) groups excluding carboxylic acids is 2. The fraction of sp³-hybridized carbons (Fsp3) is 0.350. The van der Waals surface area contributed by atoms with Crippen molar-refractivity contribution < 1.29 is 14.3 Å². The van der Waals surface area contributed by atoms with Crippen LogP contribution in [0.25, 0.3) is 0 Å². The average Bonchev–Trinajstić information content (AvgIpc) is 3.11. The SMILES string of the molecule is CC(c1ccccc1)N(Cc1cnc[nH]1)C(=O)C1=CC(=O)CC(C)(C)O1. The maximum absolute atomic E-state index is 13.2. The van der Waals surface area contributed by atoms with Gasteiger partial charge in [0.1, 0.15) is 5.60 Å². The quantitative estimate of drug-likeness (QED) is 0.896. The van der Waals surface area contributed by atoms with Crippen molar-refractivity contribution >= 4 is 11.7 Å². The van der Waals surface area contributed by atoms with E-state index < -0.39 is 5.60 Å². The Morgan fingerprint density at radius 3 is 2.69 bits per heavy atom. The van der Waals surface area contributed by atoms with Gasteiger partial charge in [-0.05, 0) is 26.3 Å². The molecule has 26 heavy (non-hydrogen) atoms. The van der Waals surface area contributed by atoms with Crippen LogP contribution in [0.2, 0.25) is 0 Å². The van der Waals surface area contributed by atoms with Gasteiger partial charge >= 0.3 is 0 Å². The maximum Gasteiger partial charge on any atom is 0.289 e. The van der Waals surface area contributed by atoms with Gasteiger partial charge in [-0.15, -0.1) is 0 Å². The summed E-state index contributed by atoms with van der Waals surface area (Å²) in [6.45, 7) is 5.92. The van der Waals surface area contributed by atoms with Gasteiger partial charge in [-0.25, -0.2) is 4.98 Å². The molecule has 0 aliphatic carbocycles. The van der Waals surface area contributed by atoms with Gasteiger partial charge in [0.15, 0.2) is 11.5 Å².